The Morgan fingerprint density at radius 3 is 2.79 bits per heavy atom. The molecule has 1 unspecified atom stereocenters. The van der Waals surface area contributed by atoms with Crippen LogP contribution in [0.1, 0.15) is 12.0 Å². The summed E-state index contributed by atoms with van der Waals surface area (Å²) in [5, 5.41) is 2.77. The van der Waals surface area contributed by atoms with Gasteiger partial charge in [-0.05, 0) is 36.8 Å². The molecule has 7 heteroatoms. The van der Waals surface area contributed by atoms with E-state index < -0.39 is 11.7 Å². The van der Waals surface area contributed by atoms with Crippen LogP contribution < -0.4 is 19.7 Å². The Morgan fingerprint density at radius 1 is 1.25 bits per heavy atom. The molecule has 0 aromatic heterocycles. The number of hydrogen-bond acceptors (Lipinski definition) is 4. The van der Waals surface area contributed by atoms with Crippen LogP contribution in [-0.2, 0) is 9.59 Å². The molecule has 2 amide bonds. The predicted molar refractivity (Wildman–Crippen MR) is 103 cm³/mol. The van der Waals surface area contributed by atoms with E-state index in [1.165, 1.54) is 11.0 Å². The smallest absolute Gasteiger partial charge is 0.227 e. The molecule has 0 radical (unpaired) electrons. The number of carbonyl (C=O) groups excluding carboxylic acids is 2. The average Bonchev–Trinajstić information content (AvgIpc) is 3.07. The van der Waals surface area contributed by atoms with Gasteiger partial charge in [0.15, 0.2) is 0 Å². The second kappa shape index (κ2) is 8.73. The Kier molecular flexibility index (Phi) is 6.13. The molecule has 1 aliphatic rings. The van der Waals surface area contributed by atoms with Crippen LogP contribution in [0.2, 0.25) is 0 Å². The van der Waals surface area contributed by atoms with E-state index >= 15 is 0 Å². The van der Waals surface area contributed by atoms with Crippen molar-refractivity contribution in [3.05, 3.63) is 53.8 Å². The highest BCUT2D eigenvalue weighted by Gasteiger charge is 2.36. The van der Waals surface area contributed by atoms with E-state index in [9.17, 15) is 14.0 Å². The quantitative estimate of drug-likeness (QED) is 0.743. The van der Waals surface area contributed by atoms with Crippen molar-refractivity contribution in [2.24, 2.45) is 5.92 Å². The van der Waals surface area contributed by atoms with Crippen LogP contribution in [-0.4, -0.2) is 38.6 Å². The summed E-state index contributed by atoms with van der Waals surface area (Å²) < 4.78 is 24.9. The van der Waals surface area contributed by atoms with Crippen molar-refractivity contribution in [1.29, 1.82) is 0 Å². The summed E-state index contributed by atoms with van der Waals surface area (Å²) in [7, 11) is 1.58. The monoisotopic (exact) mass is 386 g/mol. The molecule has 0 saturated carbocycles. The molecule has 1 heterocycles. The van der Waals surface area contributed by atoms with Gasteiger partial charge in [0.05, 0.1) is 25.3 Å². The molecule has 28 heavy (non-hydrogen) atoms. The Balaban J connectivity index is 1.49. The first-order valence-electron chi connectivity index (χ1n) is 9.09. The molecule has 6 nitrogen and oxygen atoms in total. The molecule has 1 atom stereocenters. The van der Waals surface area contributed by atoms with Gasteiger partial charge in [-0.1, -0.05) is 12.1 Å². The van der Waals surface area contributed by atoms with Crippen molar-refractivity contribution in [3.8, 4) is 11.5 Å². The lowest BCUT2D eigenvalue weighted by molar-refractivity contribution is -0.126. The number of rotatable bonds is 7. The molecule has 2 aromatic carbocycles. The van der Waals surface area contributed by atoms with E-state index in [-0.39, 0.29) is 37.1 Å². The molecule has 0 bridgehead atoms. The highest BCUT2D eigenvalue weighted by atomic mass is 19.1. The summed E-state index contributed by atoms with van der Waals surface area (Å²) in [5.74, 6) is -0.126. The van der Waals surface area contributed by atoms with Crippen LogP contribution in [0.25, 0.3) is 0 Å². The molecule has 2 aromatic rings. The van der Waals surface area contributed by atoms with Gasteiger partial charge in [-0.25, -0.2) is 4.39 Å². The molecule has 3 rings (SSSR count). The van der Waals surface area contributed by atoms with Crippen LogP contribution in [0, 0.1) is 18.7 Å². The van der Waals surface area contributed by atoms with Gasteiger partial charge in [-0.2, -0.15) is 0 Å². The van der Waals surface area contributed by atoms with Gasteiger partial charge in [0, 0.05) is 19.0 Å². The third kappa shape index (κ3) is 4.60. The van der Waals surface area contributed by atoms with Crippen LogP contribution in [0.15, 0.2) is 42.5 Å². The highest BCUT2D eigenvalue weighted by Crippen LogP contribution is 2.28. The maximum atomic E-state index is 14.1. The van der Waals surface area contributed by atoms with E-state index in [0.29, 0.717) is 18.0 Å². The third-order valence-corrected chi connectivity index (χ3v) is 4.60. The maximum Gasteiger partial charge on any atom is 0.227 e. The van der Waals surface area contributed by atoms with E-state index in [4.69, 9.17) is 9.47 Å². The standard InChI is InChI=1S/C21H23FN2O4/c1-14-6-7-19(18(22)10-14)24-13-15(11-20(24)25)21(26)23-8-9-28-17-5-3-4-16(12-17)27-2/h3-7,10,12,15H,8-9,11,13H2,1-2H3,(H,23,26). The van der Waals surface area contributed by atoms with E-state index in [1.807, 2.05) is 12.1 Å². The number of hydrogen-bond donors (Lipinski definition) is 1. The van der Waals surface area contributed by atoms with Crippen LogP contribution >= 0.6 is 0 Å². The van der Waals surface area contributed by atoms with E-state index in [2.05, 4.69) is 5.32 Å². The number of nitrogens with one attached hydrogen (secondary N) is 1. The Bertz CT molecular complexity index is 871. The number of anilines is 1. The number of amides is 2. The zero-order valence-electron chi connectivity index (χ0n) is 15.9. The summed E-state index contributed by atoms with van der Waals surface area (Å²) in [6.07, 6.45) is 0.0654. The highest BCUT2D eigenvalue weighted by molar-refractivity contribution is 6.00. The van der Waals surface area contributed by atoms with Gasteiger partial charge < -0.3 is 19.7 Å². The second-order valence-corrected chi connectivity index (χ2v) is 6.68. The van der Waals surface area contributed by atoms with Crippen molar-refractivity contribution in [1.82, 2.24) is 5.32 Å². The van der Waals surface area contributed by atoms with E-state index in [0.717, 1.165) is 5.56 Å². The summed E-state index contributed by atoms with van der Waals surface area (Å²) in [4.78, 5) is 25.9. The lowest BCUT2D eigenvalue weighted by Gasteiger charge is -2.18. The molecule has 1 N–H and O–H groups in total. The number of nitrogens with zero attached hydrogens (tertiary/aromatic N) is 1. The zero-order chi connectivity index (χ0) is 20.1. The molecule has 0 spiro atoms. The third-order valence-electron chi connectivity index (χ3n) is 4.60. The van der Waals surface area contributed by atoms with Crippen molar-refractivity contribution < 1.29 is 23.5 Å². The fourth-order valence-electron chi connectivity index (χ4n) is 3.13. The van der Waals surface area contributed by atoms with E-state index in [1.54, 1.807) is 38.3 Å². The van der Waals surface area contributed by atoms with Crippen molar-refractivity contribution in [2.75, 3.05) is 31.7 Å². The lowest BCUT2D eigenvalue weighted by Crippen LogP contribution is -2.35. The average molecular weight is 386 g/mol. The SMILES string of the molecule is COc1cccc(OCCNC(=O)C2CC(=O)N(c3ccc(C)cc3F)C2)c1. The summed E-state index contributed by atoms with van der Waals surface area (Å²) in [6.45, 7) is 2.54. The van der Waals surface area contributed by atoms with Crippen LogP contribution in [0.4, 0.5) is 10.1 Å². The molecular weight excluding hydrogens is 363 g/mol. The number of benzene rings is 2. The number of carbonyl (C=O) groups is 2. The number of ether oxygens (including phenoxy) is 2. The minimum atomic E-state index is -0.509. The van der Waals surface area contributed by atoms with Crippen LogP contribution in [0.3, 0.4) is 0 Å². The summed E-state index contributed by atoms with van der Waals surface area (Å²) in [5.41, 5.74) is 0.991. The minimum absolute atomic E-state index is 0.0654. The zero-order valence-corrected chi connectivity index (χ0v) is 15.9. The topological polar surface area (TPSA) is 67.9 Å². The van der Waals surface area contributed by atoms with Crippen molar-refractivity contribution in [3.63, 3.8) is 0 Å². The van der Waals surface area contributed by atoms with Crippen molar-refractivity contribution >= 4 is 17.5 Å². The summed E-state index contributed by atoms with van der Waals surface area (Å²) >= 11 is 0. The van der Waals surface area contributed by atoms with Crippen LogP contribution in [0.5, 0.6) is 11.5 Å². The first-order valence-corrected chi connectivity index (χ1v) is 9.09. The second-order valence-electron chi connectivity index (χ2n) is 6.68. The summed E-state index contributed by atoms with van der Waals surface area (Å²) in [6, 6.07) is 11.9. The van der Waals surface area contributed by atoms with Gasteiger partial charge in [-0.3, -0.25) is 9.59 Å². The van der Waals surface area contributed by atoms with Crippen molar-refractivity contribution in [2.45, 2.75) is 13.3 Å². The number of halogens is 1. The van der Waals surface area contributed by atoms with Gasteiger partial charge in [0.1, 0.15) is 23.9 Å². The number of aryl methyl sites for hydroxylation is 1. The first-order chi connectivity index (χ1) is 13.5. The van der Waals surface area contributed by atoms with Gasteiger partial charge in [0.25, 0.3) is 0 Å². The molecule has 1 saturated heterocycles. The molecule has 1 aliphatic heterocycles. The van der Waals surface area contributed by atoms with Gasteiger partial charge in [-0.15, -0.1) is 0 Å². The Morgan fingerprint density at radius 2 is 2.04 bits per heavy atom. The fourth-order valence-corrected chi connectivity index (χ4v) is 3.13. The minimum Gasteiger partial charge on any atom is -0.497 e. The lowest BCUT2D eigenvalue weighted by atomic mass is 10.1. The van der Waals surface area contributed by atoms with Gasteiger partial charge >= 0.3 is 0 Å². The first kappa shape index (κ1) is 19.7. The largest absolute Gasteiger partial charge is 0.497 e. The molecule has 148 valence electrons. The fraction of sp³-hybridized carbons (Fsp3) is 0.333. The molecule has 0 aliphatic carbocycles. The predicted octanol–water partition coefficient (Wildman–Crippen LogP) is 2.69. The Labute approximate surface area is 163 Å². The number of methoxy groups -OCH3 is 1. The molecule has 1 fully saturated rings. The normalized spacial score (nSPS) is 16.2. The molecular formula is C21H23FN2O4. The van der Waals surface area contributed by atoms with Gasteiger partial charge in [0.2, 0.25) is 11.8 Å². The Hall–Kier alpha value is -3.09. The maximum absolute atomic E-state index is 14.1.